The van der Waals surface area contributed by atoms with Gasteiger partial charge in [0.25, 0.3) is 0 Å². The third-order valence-corrected chi connectivity index (χ3v) is 2.89. The van der Waals surface area contributed by atoms with Gasteiger partial charge in [-0.1, -0.05) is 12.1 Å². The van der Waals surface area contributed by atoms with Gasteiger partial charge in [0, 0.05) is 25.4 Å². The Balaban J connectivity index is 2.05. The van der Waals surface area contributed by atoms with Gasteiger partial charge < -0.3 is 14.4 Å². The highest BCUT2D eigenvalue weighted by Crippen LogP contribution is 2.14. The fraction of sp³-hybridized carbons (Fsp3) is 0.286. The van der Waals surface area contributed by atoms with E-state index < -0.39 is 5.97 Å². The number of imidazole rings is 1. The SMILES string of the molecule is COc1ccc(Cc2nccn2CCC(=O)O)cc1. The van der Waals surface area contributed by atoms with E-state index in [0.29, 0.717) is 13.0 Å². The molecule has 0 bridgehead atoms. The number of carbonyl (C=O) groups is 1. The number of carboxylic acids is 1. The molecule has 2 aromatic rings. The number of ether oxygens (including phenoxy) is 1. The second-order valence-corrected chi connectivity index (χ2v) is 4.21. The first-order chi connectivity index (χ1) is 9.19. The Morgan fingerprint density at radius 1 is 1.37 bits per heavy atom. The highest BCUT2D eigenvalue weighted by atomic mass is 16.5. The van der Waals surface area contributed by atoms with E-state index in [-0.39, 0.29) is 6.42 Å². The summed E-state index contributed by atoms with van der Waals surface area (Å²) in [4.78, 5) is 14.9. The van der Waals surface area contributed by atoms with Crippen molar-refractivity contribution in [2.24, 2.45) is 0 Å². The number of aliphatic carboxylic acids is 1. The van der Waals surface area contributed by atoms with E-state index in [1.165, 1.54) is 0 Å². The minimum atomic E-state index is -0.802. The largest absolute Gasteiger partial charge is 0.497 e. The summed E-state index contributed by atoms with van der Waals surface area (Å²) in [6.07, 6.45) is 4.28. The maximum Gasteiger partial charge on any atom is 0.305 e. The number of aryl methyl sites for hydroxylation is 1. The van der Waals surface area contributed by atoms with E-state index in [2.05, 4.69) is 4.98 Å². The van der Waals surface area contributed by atoms with Crippen LogP contribution in [0.1, 0.15) is 17.8 Å². The summed E-state index contributed by atoms with van der Waals surface area (Å²) in [5.74, 6) is 0.883. The molecule has 1 heterocycles. The van der Waals surface area contributed by atoms with Crippen molar-refractivity contribution in [2.45, 2.75) is 19.4 Å². The van der Waals surface area contributed by atoms with Crippen molar-refractivity contribution in [3.63, 3.8) is 0 Å². The summed E-state index contributed by atoms with van der Waals surface area (Å²) in [6, 6.07) is 7.77. The summed E-state index contributed by atoms with van der Waals surface area (Å²) in [6.45, 7) is 0.445. The van der Waals surface area contributed by atoms with Crippen molar-refractivity contribution in [1.29, 1.82) is 0 Å². The number of rotatable bonds is 6. The Labute approximate surface area is 111 Å². The molecule has 0 unspecified atom stereocenters. The van der Waals surface area contributed by atoms with E-state index in [1.807, 2.05) is 35.0 Å². The van der Waals surface area contributed by atoms with Crippen LogP contribution >= 0.6 is 0 Å². The van der Waals surface area contributed by atoms with Crippen LogP contribution in [0.25, 0.3) is 0 Å². The molecule has 1 N–H and O–H groups in total. The van der Waals surface area contributed by atoms with E-state index >= 15 is 0 Å². The van der Waals surface area contributed by atoms with Gasteiger partial charge in [-0.3, -0.25) is 4.79 Å². The molecule has 0 aliphatic rings. The van der Waals surface area contributed by atoms with Crippen LogP contribution in [0.15, 0.2) is 36.7 Å². The number of aromatic nitrogens is 2. The van der Waals surface area contributed by atoms with Crippen LogP contribution in [0.2, 0.25) is 0 Å². The normalized spacial score (nSPS) is 10.4. The van der Waals surface area contributed by atoms with Gasteiger partial charge in [0.1, 0.15) is 11.6 Å². The van der Waals surface area contributed by atoms with Crippen molar-refractivity contribution in [1.82, 2.24) is 9.55 Å². The standard InChI is InChI=1S/C14H16N2O3/c1-19-12-4-2-11(3-5-12)10-13-15-7-9-16(13)8-6-14(17)18/h2-5,7,9H,6,8,10H2,1H3,(H,17,18). The molecule has 0 atom stereocenters. The number of carboxylic acid groups (broad SMARTS) is 1. The molecule has 5 heteroatoms. The number of methoxy groups -OCH3 is 1. The molecule has 0 aliphatic heterocycles. The Kier molecular flexibility index (Phi) is 4.18. The maximum absolute atomic E-state index is 10.6. The minimum absolute atomic E-state index is 0.103. The molecule has 2 rings (SSSR count). The predicted octanol–water partition coefficient (Wildman–Crippen LogP) is 1.96. The van der Waals surface area contributed by atoms with E-state index in [1.54, 1.807) is 13.3 Å². The van der Waals surface area contributed by atoms with Gasteiger partial charge in [-0.05, 0) is 17.7 Å². The molecule has 0 saturated heterocycles. The third-order valence-electron chi connectivity index (χ3n) is 2.89. The van der Waals surface area contributed by atoms with Crippen LogP contribution in [-0.2, 0) is 17.8 Å². The van der Waals surface area contributed by atoms with Crippen LogP contribution in [0.4, 0.5) is 0 Å². The molecule has 0 amide bonds. The highest BCUT2D eigenvalue weighted by molar-refractivity contribution is 5.66. The zero-order valence-electron chi connectivity index (χ0n) is 10.7. The molecule has 0 saturated carbocycles. The molecule has 0 fully saturated rings. The van der Waals surface area contributed by atoms with Crippen molar-refractivity contribution < 1.29 is 14.6 Å². The molecular formula is C14H16N2O3. The van der Waals surface area contributed by atoms with Crippen LogP contribution in [0, 0.1) is 0 Å². The topological polar surface area (TPSA) is 64.4 Å². The van der Waals surface area contributed by atoms with E-state index in [9.17, 15) is 4.79 Å². The maximum atomic E-state index is 10.6. The zero-order valence-corrected chi connectivity index (χ0v) is 10.7. The zero-order chi connectivity index (χ0) is 13.7. The van der Waals surface area contributed by atoms with Crippen LogP contribution in [0.3, 0.4) is 0 Å². The Morgan fingerprint density at radius 3 is 2.74 bits per heavy atom. The molecular weight excluding hydrogens is 244 g/mol. The summed E-state index contributed by atoms with van der Waals surface area (Å²) in [7, 11) is 1.63. The lowest BCUT2D eigenvalue weighted by Gasteiger charge is -2.07. The summed E-state index contributed by atoms with van der Waals surface area (Å²) >= 11 is 0. The van der Waals surface area contributed by atoms with Crippen molar-refractivity contribution >= 4 is 5.97 Å². The number of nitrogens with zero attached hydrogens (tertiary/aromatic N) is 2. The fourth-order valence-corrected chi connectivity index (χ4v) is 1.85. The van der Waals surface area contributed by atoms with Crippen LogP contribution < -0.4 is 4.74 Å². The van der Waals surface area contributed by atoms with Crippen molar-refractivity contribution in [2.75, 3.05) is 7.11 Å². The lowest BCUT2D eigenvalue weighted by atomic mass is 10.1. The summed E-state index contributed by atoms with van der Waals surface area (Å²) < 4.78 is 6.98. The van der Waals surface area contributed by atoms with Crippen LogP contribution in [-0.4, -0.2) is 27.7 Å². The second-order valence-electron chi connectivity index (χ2n) is 4.21. The first-order valence-electron chi connectivity index (χ1n) is 6.04. The number of hydrogen-bond acceptors (Lipinski definition) is 3. The van der Waals surface area contributed by atoms with Gasteiger partial charge in [0.2, 0.25) is 0 Å². The third kappa shape index (κ3) is 3.58. The molecule has 5 nitrogen and oxygen atoms in total. The van der Waals surface area contributed by atoms with Gasteiger partial charge >= 0.3 is 5.97 Å². The average Bonchev–Trinajstić information content (AvgIpc) is 2.84. The Bertz CT molecular complexity index is 546. The Morgan fingerprint density at radius 2 is 2.11 bits per heavy atom. The summed E-state index contributed by atoms with van der Waals surface area (Å²) in [5, 5.41) is 8.70. The highest BCUT2D eigenvalue weighted by Gasteiger charge is 2.06. The van der Waals surface area contributed by atoms with Crippen LogP contribution in [0.5, 0.6) is 5.75 Å². The van der Waals surface area contributed by atoms with Gasteiger partial charge in [-0.15, -0.1) is 0 Å². The molecule has 1 aromatic carbocycles. The first kappa shape index (κ1) is 13.1. The molecule has 0 radical (unpaired) electrons. The average molecular weight is 260 g/mol. The second kappa shape index (κ2) is 6.04. The molecule has 1 aromatic heterocycles. The smallest absolute Gasteiger partial charge is 0.305 e. The van der Waals surface area contributed by atoms with Gasteiger partial charge in [0.05, 0.1) is 13.5 Å². The first-order valence-corrected chi connectivity index (χ1v) is 6.04. The summed E-state index contributed by atoms with van der Waals surface area (Å²) in [5.41, 5.74) is 1.11. The van der Waals surface area contributed by atoms with Gasteiger partial charge in [-0.2, -0.15) is 0 Å². The molecule has 19 heavy (non-hydrogen) atoms. The number of hydrogen-bond donors (Lipinski definition) is 1. The van der Waals surface area contributed by atoms with Crippen molar-refractivity contribution in [3.8, 4) is 5.75 Å². The molecule has 100 valence electrons. The van der Waals surface area contributed by atoms with E-state index in [4.69, 9.17) is 9.84 Å². The van der Waals surface area contributed by atoms with Gasteiger partial charge in [0.15, 0.2) is 0 Å². The number of benzene rings is 1. The Hall–Kier alpha value is -2.30. The van der Waals surface area contributed by atoms with E-state index in [0.717, 1.165) is 17.1 Å². The van der Waals surface area contributed by atoms with Crippen molar-refractivity contribution in [3.05, 3.63) is 48.0 Å². The lowest BCUT2D eigenvalue weighted by molar-refractivity contribution is -0.137. The molecule has 0 aliphatic carbocycles. The molecule has 0 spiro atoms. The quantitative estimate of drug-likeness (QED) is 0.862. The van der Waals surface area contributed by atoms with Gasteiger partial charge in [-0.25, -0.2) is 4.98 Å². The minimum Gasteiger partial charge on any atom is -0.497 e. The monoisotopic (exact) mass is 260 g/mol. The fourth-order valence-electron chi connectivity index (χ4n) is 1.85. The lowest BCUT2D eigenvalue weighted by Crippen LogP contribution is -2.08. The predicted molar refractivity (Wildman–Crippen MR) is 70.3 cm³/mol.